The van der Waals surface area contributed by atoms with Gasteiger partial charge in [-0.25, -0.2) is 8.42 Å². The molecule has 2 aromatic rings. The SMILES string of the molecule is CCS(=O)(=O)C[C@@H](C)COc1c(Cl)cc(C(C)(C)c2ccc(OC[C@@H](CCl)OC(C)=O)cc2)cc1Cl. The van der Waals surface area contributed by atoms with Crippen molar-refractivity contribution < 1.29 is 27.4 Å². The zero-order valence-corrected chi connectivity index (χ0v) is 24.2. The van der Waals surface area contributed by atoms with Gasteiger partial charge in [-0.2, -0.15) is 0 Å². The Morgan fingerprint density at radius 2 is 1.58 bits per heavy atom. The molecule has 10 heteroatoms. The fourth-order valence-corrected chi connectivity index (χ4v) is 5.50. The van der Waals surface area contributed by atoms with E-state index in [1.165, 1.54) is 6.92 Å². The van der Waals surface area contributed by atoms with E-state index in [2.05, 4.69) is 0 Å². The Kier molecular flexibility index (Phi) is 11.2. The van der Waals surface area contributed by atoms with Crippen molar-refractivity contribution in [3.8, 4) is 11.5 Å². The van der Waals surface area contributed by atoms with E-state index < -0.39 is 27.3 Å². The van der Waals surface area contributed by atoms with Crippen molar-refractivity contribution in [1.82, 2.24) is 0 Å². The number of carbonyl (C=O) groups excluding carboxylic acids is 1. The minimum absolute atomic E-state index is 0.0415. The van der Waals surface area contributed by atoms with E-state index in [1.54, 1.807) is 6.92 Å². The normalized spacial score (nSPS) is 13.7. The van der Waals surface area contributed by atoms with Crippen molar-refractivity contribution in [2.75, 3.05) is 30.6 Å². The van der Waals surface area contributed by atoms with Crippen LogP contribution < -0.4 is 9.47 Å². The second-order valence-corrected chi connectivity index (χ2v) is 12.8. The van der Waals surface area contributed by atoms with E-state index in [1.807, 2.05) is 57.2 Å². The molecule has 0 amide bonds. The van der Waals surface area contributed by atoms with Crippen LogP contribution in [0.25, 0.3) is 0 Å². The summed E-state index contributed by atoms with van der Waals surface area (Å²) in [5, 5.41) is 0.710. The van der Waals surface area contributed by atoms with Crippen LogP contribution in [-0.4, -0.2) is 51.1 Å². The van der Waals surface area contributed by atoms with E-state index in [0.717, 1.165) is 11.1 Å². The van der Waals surface area contributed by atoms with Crippen molar-refractivity contribution in [2.45, 2.75) is 46.1 Å². The topological polar surface area (TPSA) is 78.9 Å². The van der Waals surface area contributed by atoms with Gasteiger partial charge in [0.15, 0.2) is 5.75 Å². The average molecular weight is 580 g/mol. The lowest BCUT2D eigenvalue weighted by Gasteiger charge is -2.27. The molecule has 0 N–H and O–H groups in total. The number of carbonyl (C=O) groups is 1. The van der Waals surface area contributed by atoms with Crippen molar-refractivity contribution in [3.63, 3.8) is 0 Å². The maximum atomic E-state index is 11.8. The molecule has 2 aromatic carbocycles. The highest BCUT2D eigenvalue weighted by Crippen LogP contribution is 2.41. The van der Waals surface area contributed by atoms with Crippen LogP contribution in [0, 0.1) is 5.92 Å². The molecule has 0 aromatic heterocycles. The second kappa shape index (κ2) is 13.2. The van der Waals surface area contributed by atoms with Gasteiger partial charge in [0, 0.05) is 24.0 Å². The molecule has 0 fully saturated rings. The molecule has 0 aliphatic carbocycles. The van der Waals surface area contributed by atoms with E-state index >= 15 is 0 Å². The lowest BCUT2D eigenvalue weighted by atomic mass is 9.78. The molecule has 0 aliphatic heterocycles. The highest BCUT2D eigenvalue weighted by atomic mass is 35.5. The molecule has 6 nitrogen and oxygen atoms in total. The minimum Gasteiger partial charge on any atom is -0.490 e. The van der Waals surface area contributed by atoms with Crippen LogP contribution in [0.5, 0.6) is 11.5 Å². The first-order chi connectivity index (χ1) is 16.8. The Morgan fingerprint density at radius 3 is 2.08 bits per heavy atom. The monoisotopic (exact) mass is 578 g/mol. The Bertz CT molecular complexity index is 1110. The Hall–Kier alpha value is -1.67. The Labute approximate surface area is 229 Å². The standard InChI is InChI=1S/C26H33Cl3O6S/c1-6-36(31,32)16-17(2)14-34-25-23(28)11-20(12-24(25)29)26(4,5)19-7-9-21(10-8-19)33-15-22(13-27)35-18(3)30/h7-12,17,22H,6,13-16H2,1-5H3/t17-,22+/m0/s1. The number of hydrogen-bond donors (Lipinski definition) is 0. The van der Waals surface area contributed by atoms with Gasteiger partial charge in [0.1, 0.15) is 28.3 Å². The molecule has 0 radical (unpaired) electrons. The molecule has 0 unspecified atom stereocenters. The highest BCUT2D eigenvalue weighted by Gasteiger charge is 2.26. The zero-order chi connectivity index (χ0) is 27.1. The summed E-state index contributed by atoms with van der Waals surface area (Å²) in [5.74, 6) is 0.627. The number of rotatable bonds is 13. The summed E-state index contributed by atoms with van der Waals surface area (Å²) in [4.78, 5) is 11.1. The van der Waals surface area contributed by atoms with E-state index in [-0.39, 0.29) is 36.5 Å². The zero-order valence-electron chi connectivity index (χ0n) is 21.1. The van der Waals surface area contributed by atoms with Gasteiger partial charge >= 0.3 is 5.97 Å². The largest absolute Gasteiger partial charge is 0.490 e. The molecule has 0 spiro atoms. The van der Waals surface area contributed by atoms with Crippen molar-refractivity contribution in [3.05, 3.63) is 57.6 Å². The van der Waals surface area contributed by atoms with Crippen molar-refractivity contribution in [1.29, 1.82) is 0 Å². The second-order valence-electron chi connectivity index (χ2n) is 9.23. The lowest BCUT2D eigenvalue weighted by molar-refractivity contribution is -0.146. The van der Waals surface area contributed by atoms with E-state index in [0.29, 0.717) is 21.5 Å². The number of benzene rings is 2. The number of hydrogen-bond acceptors (Lipinski definition) is 6. The molecule has 2 atom stereocenters. The molecule has 36 heavy (non-hydrogen) atoms. The van der Waals surface area contributed by atoms with Gasteiger partial charge in [-0.15, -0.1) is 11.6 Å². The molecule has 0 saturated carbocycles. The summed E-state index contributed by atoms with van der Waals surface area (Å²) in [6.45, 7) is 9.20. The predicted octanol–water partition coefficient (Wildman–Crippen LogP) is 6.32. The summed E-state index contributed by atoms with van der Waals surface area (Å²) in [5.41, 5.74) is 1.45. The number of sulfone groups is 1. The van der Waals surface area contributed by atoms with Crippen molar-refractivity contribution in [2.24, 2.45) is 5.92 Å². The summed E-state index contributed by atoms with van der Waals surface area (Å²) >= 11 is 18.9. The Balaban J connectivity index is 2.12. The van der Waals surface area contributed by atoms with Crippen LogP contribution in [0.4, 0.5) is 0 Å². The molecule has 2 rings (SSSR count). The molecule has 0 heterocycles. The number of halogens is 3. The maximum Gasteiger partial charge on any atom is 0.303 e. The quantitative estimate of drug-likeness (QED) is 0.204. The molecular formula is C26H33Cl3O6S. The first kappa shape index (κ1) is 30.6. The first-order valence-corrected chi connectivity index (χ1v) is 14.7. The number of ether oxygens (including phenoxy) is 3. The molecule has 0 saturated heterocycles. The van der Waals surface area contributed by atoms with E-state index in [4.69, 9.17) is 49.0 Å². The van der Waals surface area contributed by atoms with Gasteiger partial charge in [-0.05, 0) is 35.4 Å². The van der Waals surface area contributed by atoms with Gasteiger partial charge in [-0.1, -0.05) is 63.0 Å². The van der Waals surface area contributed by atoms with Crippen LogP contribution >= 0.6 is 34.8 Å². The molecule has 200 valence electrons. The summed E-state index contributed by atoms with van der Waals surface area (Å²) in [6, 6.07) is 11.2. The fraction of sp³-hybridized carbons (Fsp3) is 0.500. The summed E-state index contributed by atoms with van der Waals surface area (Å²) in [6.07, 6.45) is -0.524. The third kappa shape index (κ3) is 8.72. The lowest BCUT2D eigenvalue weighted by Crippen LogP contribution is -2.25. The van der Waals surface area contributed by atoms with Gasteiger partial charge in [0.25, 0.3) is 0 Å². The van der Waals surface area contributed by atoms with Crippen LogP contribution in [0.15, 0.2) is 36.4 Å². The average Bonchev–Trinajstić information content (AvgIpc) is 2.80. The third-order valence-electron chi connectivity index (χ3n) is 5.73. The summed E-state index contributed by atoms with van der Waals surface area (Å²) < 4.78 is 40.3. The van der Waals surface area contributed by atoms with Gasteiger partial charge in [-0.3, -0.25) is 4.79 Å². The van der Waals surface area contributed by atoms with Gasteiger partial charge in [0.2, 0.25) is 0 Å². The van der Waals surface area contributed by atoms with Gasteiger partial charge in [0.05, 0.1) is 28.3 Å². The van der Waals surface area contributed by atoms with Crippen LogP contribution in [0.3, 0.4) is 0 Å². The fourth-order valence-electron chi connectivity index (χ4n) is 3.55. The number of alkyl halides is 1. The molecular weight excluding hydrogens is 547 g/mol. The van der Waals surface area contributed by atoms with Crippen LogP contribution in [0.2, 0.25) is 10.0 Å². The van der Waals surface area contributed by atoms with Crippen LogP contribution in [0.1, 0.15) is 45.7 Å². The summed E-state index contributed by atoms with van der Waals surface area (Å²) in [7, 11) is -3.10. The third-order valence-corrected chi connectivity index (χ3v) is 8.59. The highest BCUT2D eigenvalue weighted by molar-refractivity contribution is 7.91. The molecule has 0 aliphatic rings. The number of esters is 1. The first-order valence-electron chi connectivity index (χ1n) is 11.6. The predicted molar refractivity (Wildman–Crippen MR) is 146 cm³/mol. The smallest absolute Gasteiger partial charge is 0.303 e. The van der Waals surface area contributed by atoms with Crippen molar-refractivity contribution >= 4 is 50.6 Å². The maximum absolute atomic E-state index is 11.8. The Morgan fingerprint density at radius 1 is 1.00 bits per heavy atom. The van der Waals surface area contributed by atoms with Gasteiger partial charge < -0.3 is 14.2 Å². The molecule has 0 bridgehead atoms. The van der Waals surface area contributed by atoms with Crippen LogP contribution in [-0.2, 0) is 24.8 Å². The van der Waals surface area contributed by atoms with E-state index in [9.17, 15) is 13.2 Å². The minimum atomic E-state index is -3.10.